The van der Waals surface area contributed by atoms with Crippen molar-refractivity contribution in [3.8, 4) is 11.4 Å². The zero-order chi connectivity index (χ0) is 29.3. The van der Waals surface area contributed by atoms with Crippen molar-refractivity contribution in [2.45, 2.75) is 38.0 Å². The average Bonchev–Trinajstić information content (AvgIpc) is 3.48. The van der Waals surface area contributed by atoms with E-state index in [1.807, 2.05) is 29.2 Å². The second-order valence-corrected chi connectivity index (χ2v) is 14.1. The summed E-state index contributed by atoms with van der Waals surface area (Å²) in [6.45, 7) is 5.40. The van der Waals surface area contributed by atoms with E-state index in [1.165, 1.54) is 8.99 Å². The molecular formula is C30H36ClN5O5S. The highest BCUT2D eigenvalue weighted by molar-refractivity contribution is 7.88. The van der Waals surface area contributed by atoms with Gasteiger partial charge in [-0.2, -0.15) is 14.1 Å². The van der Waals surface area contributed by atoms with Gasteiger partial charge in [-0.1, -0.05) is 36.7 Å². The monoisotopic (exact) mass is 613 g/mol. The minimum Gasteiger partial charge on any atom is -0.486 e. The van der Waals surface area contributed by atoms with Crippen molar-refractivity contribution in [1.29, 1.82) is 0 Å². The molecule has 0 spiro atoms. The Kier molecular flexibility index (Phi) is 8.19. The summed E-state index contributed by atoms with van der Waals surface area (Å²) in [6.07, 6.45) is 4.68. The molecule has 3 heterocycles. The number of aromatic nitrogens is 2. The molecule has 1 saturated carbocycles. The van der Waals surface area contributed by atoms with Gasteiger partial charge >= 0.3 is 5.56 Å². The van der Waals surface area contributed by atoms with Gasteiger partial charge in [0, 0.05) is 48.9 Å². The highest BCUT2D eigenvalue weighted by Gasteiger charge is 2.39. The van der Waals surface area contributed by atoms with Crippen LogP contribution in [-0.2, 0) is 20.5 Å². The smallest absolute Gasteiger partial charge is 0.316 e. The molecule has 2 aromatic carbocycles. The van der Waals surface area contributed by atoms with E-state index in [-0.39, 0.29) is 28.5 Å². The standard InChI is InChI=1S/C30H36ClN5O5S/c1-30(9-10-30)21-41-28-27(18-32-36(29(28)37)26-7-3-5-23(31)17-26)34-11-13-35(14-12-34)42(38,39)20-22-4-2-6-24(16-22)33-25-8-15-40-19-25/h2-7,16-18,25,33H,8-15,19-21H2,1H3. The number of benzene rings is 2. The summed E-state index contributed by atoms with van der Waals surface area (Å²) < 4.78 is 41.2. The Hall–Kier alpha value is -3.12. The van der Waals surface area contributed by atoms with E-state index in [0.29, 0.717) is 55.8 Å². The first kappa shape index (κ1) is 29.0. The van der Waals surface area contributed by atoms with E-state index in [1.54, 1.807) is 30.5 Å². The number of halogens is 1. The lowest BCUT2D eigenvalue weighted by atomic mass is 10.2. The number of sulfonamides is 1. The summed E-state index contributed by atoms with van der Waals surface area (Å²) in [5.41, 5.74) is 2.46. The molecule has 3 aliphatic rings. The van der Waals surface area contributed by atoms with Crippen LogP contribution < -0.4 is 20.5 Å². The van der Waals surface area contributed by atoms with Crippen molar-refractivity contribution in [1.82, 2.24) is 14.1 Å². The summed E-state index contributed by atoms with van der Waals surface area (Å²) in [5.74, 6) is 0.153. The Morgan fingerprint density at radius 3 is 2.62 bits per heavy atom. The molecule has 12 heteroatoms. The van der Waals surface area contributed by atoms with Gasteiger partial charge in [0.05, 0.1) is 36.9 Å². The van der Waals surface area contributed by atoms with Gasteiger partial charge in [0.2, 0.25) is 15.8 Å². The normalized spacial score (nSPS) is 20.4. The van der Waals surface area contributed by atoms with Crippen LogP contribution in [0.4, 0.5) is 11.4 Å². The number of ether oxygens (including phenoxy) is 2. The van der Waals surface area contributed by atoms with Crippen molar-refractivity contribution >= 4 is 33.0 Å². The quantitative estimate of drug-likeness (QED) is 0.367. The maximum absolute atomic E-state index is 13.6. The lowest BCUT2D eigenvalue weighted by Gasteiger charge is -2.35. The van der Waals surface area contributed by atoms with Crippen LogP contribution in [0.2, 0.25) is 5.02 Å². The van der Waals surface area contributed by atoms with Gasteiger partial charge in [-0.05, 0) is 55.2 Å². The number of nitrogens with zero attached hydrogens (tertiary/aromatic N) is 4. The van der Waals surface area contributed by atoms with Crippen LogP contribution in [0.25, 0.3) is 5.69 Å². The van der Waals surface area contributed by atoms with E-state index >= 15 is 0 Å². The van der Waals surface area contributed by atoms with Gasteiger partial charge in [-0.25, -0.2) is 8.42 Å². The maximum Gasteiger partial charge on any atom is 0.316 e. The first-order valence-electron chi connectivity index (χ1n) is 14.4. The zero-order valence-corrected chi connectivity index (χ0v) is 25.2. The third kappa shape index (κ3) is 6.59. The molecule has 2 aliphatic heterocycles. The van der Waals surface area contributed by atoms with Gasteiger partial charge in [-0.3, -0.25) is 4.79 Å². The van der Waals surface area contributed by atoms with E-state index < -0.39 is 10.0 Å². The van der Waals surface area contributed by atoms with Gasteiger partial charge in [-0.15, -0.1) is 0 Å². The average molecular weight is 614 g/mol. The summed E-state index contributed by atoms with van der Waals surface area (Å²) in [5, 5.41) is 8.36. The summed E-state index contributed by atoms with van der Waals surface area (Å²) >= 11 is 6.17. The largest absolute Gasteiger partial charge is 0.486 e. The van der Waals surface area contributed by atoms with Gasteiger partial charge in [0.15, 0.2) is 0 Å². The molecule has 3 fully saturated rings. The summed E-state index contributed by atoms with van der Waals surface area (Å²) in [4.78, 5) is 15.6. The third-order valence-corrected chi connectivity index (χ3v) is 10.3. The number of hydrogen-bond donors (Lipinski definition) is 1. The minimum absolute atomic E-state index is 0.0678. The van der Waals surface area contributed by atoms with Gasteiger partial charge < -0.3 is 19.7 Å². The van der Waals surface area contributed by atoms with Crippen LogP contribution in [0.5, 0.6) is 5.75 Å². The van der Waals surface area contributed by atoms with Crippen molar-refractivity contribution in [2.75, 3.05) is 56.2 Å². The topological polar surface area (TPSA) is 106 Å². The molecule has 1 aliphatic carbocycles. The van der Waals surface area contributed by atoms with Crippen molar-refractivity contribution in [3.05, 3.63) is 75.7 Å². The molecule has 1 unspecified atom stereocenters. The van der Waals surface area contributed by atoms with Crippen molar-refractivity contribution in [3.63, 3.8) is 0 Å². The highest BCUT2D eigenvalue weighted by atomic mass is 35.5. The second kappa shape index (κ2) is 11.9. The lowest BCUT2D eigenvalue weighted by molar-refractivity contribution is 0.195. The van der Waals surface area contributed by atoms with Crippen LogP contribution in [0.15, 0.2) is 59.5 Å². The minimum atomic E-state index is -3.54. The fourth-order valence-corrected chi connectivity index (χ4v) is 7.02. The Bertz CT molecular complexity index is 1600. The van der Waals surface area contributed by atoms with Crippen LogP contribution in [0, 0.1) is 5.41 Å². The summed E-state index contributed by atoms with van der Waals surface area (Å²) in [6, 6.07) is 14.8. The van der Waals surface area contributed by atoms with Crippen molar-refractivity contribution in [2.24, 2.45) is 5.41 Å². The van der Waals surface area contributed by atoms with Gasteiger partial charge in [0.25, 0.3) is 0 Å². The van der Waals surface area contributed by atoms with E-state index in [2.05, 4.69) is 17.3 Å². The number of piperazine rings is 1. The molecule has 0 bridgehead atoms. The summed E-state index contributed by atoms with van der Waals surface area (Å²) in [7, 11) is -3.54. The van der Waals surface area contributed by atoms with Crippen LogP contribution in [0.3, 0.4) is 0 Å². The molecule has 224 valence electrons. The molecule has 0 amide bonds. The molecule has 0 radical (unpaired) electrons. The first-order valence-corrected chi connectivity index (χ1v) is 16.3. The predicted molar refractivity (Wildman–Crippen MR) is 163 cm³/mol. The first-order chi connectivity index (χ1) is 20.2. The zero-order valence-electron chi connectivity index (χ0n) is 23.7. The molecule has 1 N–H and O–H groups in total. The number of anilines is 2. The maximum atomic E-state index is 13.6. The van der Waals surface area contributed by atoms with E-state index in [0.717, 1.165) is 37.1 Å². The Morgan fingerprint density at radius 2 is 1.90 bits per heavy atom. The molecule has 1 atom stereocenters. The second-order valence-electron chi connectivity index (χ2n) is 11.7. The molecule has 2 saturated heterocycles. The lowest BCUT2D eigenvalue weighted by Crippen LogP contribution is -2.49. The fraction of sp³-hybridized carbons (Fsp3) is 0.467. The van der Waals surface area contributed by atoms with Gasteiger partial charge in [0.1, 0.15) is 5.69 Å². The molecule has 6 rings (SSSR count). The van der Waals surface area contributed by atoms with E-state index in [9.17, 15) is 13.2 Å². The molecule has 42 heavy (non-hydrogen) atoms. The number of rotatable bonds is 10. The molecule has 10 nitrogen and oxygen atoms in total. The SMILES string of the molecule is CC1(COc2c(N3CCN(S(=O)(=O)Cc4cccc(NC5CCOC5)c4)CC3)cnn(-c3cccc(Cl)c3)c2=O)CC1. The van der Waals surface area contributed by atoms with Crippen LogP contribution in [-0.4, -0.2) is 74.5 Å². The Morgan fingerprint density at radius 1 is 1.12 bits per heavy atom. The predicted octanol–water partition coefficient (Wildman–Crippen LogP) is 3.92. The number of hydrogen-bond acceptors (Lipinski definition) is 8. The van der Waals surface area contributed by atoms with Crippen molar-refractivity contribution < 1.29 is 17.9 Å². The van der Waals surface area contributed by atoms with Crippen LogP contribution >= 0.6 is 11.6 Å². The number of nitrogens with one attached hydrogen (secondary N) is 1. The molecule has 1 aromatic heterocycles. The van der Waals surface area contributed by atoms with E-state index in [4.69, 9.17) is 21.1 Å². The highest BCUT2D eigenvalue weighted by Crippen LogP contribution is 2.45. The molecule has 3 aromatic rings. The Labute approximate surface area is 251 Å². The Balaban J connectivity index is 1.16. The molecular weight excluding hydrogens is 578 g/mol. The third-order valence-electron chi connectivity index (χ3n) is 8.19. The fourth-order valence-electron chi connectivity index (χ4n) is 5.33. The van der Waals surface area contributed by atoms with Crippen LogP contribution in [0.1, 0.15) is 31.7 Å².